The zero-order valence-corrected chi connectivity index (χ0v) is 26.7. The lowest BCUT2D eigenvalue weighted by Crippen LogP contribution is -2.57. The first-order valence-corrected chi connectivity index (χ1v) is 17.0. The number of rotatable bonds is 9. The van der Waals surface area contributed by atoms with Crippen molar-refractivity contribution in [3.8, 4) is 0 Å². The van der Waals surface area contributed by atoms with Crippen LogP contribution >= 0.6 is 0 Å². The molecule has 5 unspecified atom stereocenters. The minimum absolute atomic E-state index is 0.0754. The Morgan fingerprint density at radius 1 is 1.11 bits per heavy atom. The molecule has 0 radical (unpaired) electrons. The number of hydrogen-bond donors (Lipinski definition) is 4. The molecule has 0 aromatic heterocycles. The summed E-state index contributed by atoms with van der Waals surface area (Å²) in [6.45, 7) is 9.68. The van der Waals surface area contributed by atoms with Crippen molar-refractivity contribution >= 4 is 18.0 Å². The van der Waals surface area contributed by atoms with E-state index in [0.29, 0.717) is 25.4 Å². The fourth-order valence-corrected chi connectivity index (χ4v) is 7.96. The van der Waals surface area contributed by atoms with Crippen molar-refractivity contribution in [2.24, 2.45) is 27.8 Å². The van der Waals surface area contributed by atoms with Crippen molar-refractivity contribution in [2.75, 3.05) is 39.3 Å². The third-order valence-electron chi connectivity index (χ3n) is 10.7. The van der Waals surface area contributed by atoms with Gasteiger partial charge in [-0.05, 0) is 74.6 Å². The Kier molecular flexibility index (Phi) is 11.1. The van der Waals surface area contributed by atoms with Gasteiger partial charge in [-0.1, -0.05) is 38.8 Å². The molecule has 10 heteroatoms. The van der Waals surface area contributed by atoms with E-state index in [-0.39, 0.29) is 29.2 Å². The van der Waals surface area contributed by atoms with Crippen molar-refractivity contribution in [3.63, 3.8) is 0 Å². The summed E-state index contributed by atoms with van der Waals surface area (Å²) in [5.74, 6) is -0.804. The quantitative estimate of drug-likeness (QED) is 0.318. The van der Waals surface area contributed by atoms with Crippen LogP contribution in [0, 0.1) is 11.3 Å². The van der Waals surface area contributed by atoms with E-state index in [1.165, 1.54) is 6.21 Å². The van der Waals surface area contributed by atoms with Gasteiger partial charge in [-0.3, -0.25) is 14.6 Å². The van der Waals surface area contributed by atoms with Crippen molar-refractivity contribution in [3.05, 3.63) is 35.4 Å². The lowest BCUT2D eigenvalue weighted by atomic mass is 9.72. The number of carbonyl (C=O) groups is 2. The van der Waals surface area contributed by atoms with Gasteiger partial charge in [0.15, 0.2) is 0 Å². The van der Waals surface area contributed by atoms with Gasteiger partial charge in [0.2, 0.25) is 5.91 Å². The molecule has 2 amide bonds. The normalized spacial score (nSPS) is 33.4. The van der Waals surface area contributed by atoms with E-state index in [1.54, 1.807) is 0 Å². The number of amides is 2. The number of benzene rings is 1. The summed E-state index contributed by atoms with van der Waals surface area (Å²) < 4.78 is 14.6. The number of nitrogens with zero attached hydrogens (tertiary/aromatic N) is 3. The second kappa shape index (κ2) is 14.8. The molecule has 6 rings (SSSR count). The topological polar surface area (TPSA) is 129 Å². The van der Waals surface area contributed by atoms with Crippen LogP contribution < -0.4 is 22.1 Å². The fourth-order valence-electron chi connectivity index (χ4n) is 7.96. The minimum atomic E-state index is -1.13. The molecule has 4 fully saturated rings. The zero-order chi connectivity index (χ0) is 31.3. The number of unbranched alkanes of at least 4 members (excludes halogenated alkanes) is 1. The van der Waals surface area contributed by atoms with Crippen LogP contribution in [0.4, 0.5) is 4.39 Å². The molecule has 244 valence electrons. The van der Waals surface area contributed by atoms with Crippen molar-refractivity contribution < 1.29 is 14.0 Å². The first-order valence-electron chi connectivity index (χ1n) is 17.0. The Bertz CT molecular complexity index is 1140. The van der Waals surface area contributed by atoms with Gasteiger partial charge in [0, 0.05) is 62.5 Å². The molecule has 44 heavy (non-hydrogen) atoms. The van der Waals surface area contributed by atoms with Crippen molar-refractivity contribution in [2.45, 2.75) is 108 Å². The first kappa shape index (κ1) is 33.0. The average Bonchev–Trinajstić information content (AvgIpc) is 3.35. The van der Waals surface area contributed by atoms with Gasteiger partial charge in [0.05, 0.1) is 18.1 Å². The number of aliphatic imine (C=N–C) groups is 1. The summed E-state index contributed by atoms with van der Waals surface area (Å²) in [4.78, 5) is 36.5. The molecule has 4 saturated heterocycles. The maximum atomic E-state index is 14.6. The van der Waals surface area contributed by atoms with Crippen LogP contribution in [0.1, 0.15) is 93.5 Å². The molecule has 9 nitrogen and oxygen atoms in total. The number of piperidine rings is 2. The number of fused-ring (bicyclic) bond motifs is 4. The second-order valence-electron chi connectivity index (χ2n) is 14.0. The lowest BCUT2D eigenvalue weighted by molar-refractivity contribution is -0.127. The second-order valence-corrected chi connectivity index (χ2v) is 14.0. The highest BCUT2D eigenvalue weighted by Crippen LogP contribution is 2.39. The van der Waals surface area contributed by atoms with Crippen LogP contribution in [0.25, 0.3) is 0 Å². The Labute approximate surface area is 262 Å². The van der Waals surface area contributed by atoms with Gasteiger partial charge < -0.3 is 31.9 Å². The van der Waals surface area contributed by atoms with E-state index in [2.05, 4.69) is 39.3 Å². The van der Waals surface area contributed by atoms with E-state index >= 15 is 0 Å². The SMILES string of the molecule is CCCC[C@]1(C)CCC(F)C=NC(C(C(=O)NC2CNCCC2c2ccc(C(=O)N3CCN4CCC3CC4)cc2)C(N)N)C1. The Morgan fingerprint density at radius 3 is 2.57 bits per heavy atom. The van der Waals surface area contributed by atoms with Crippen LogP contribution in [-0.2, 0) is 4.79 Å². The summed E-state index contributed by atoms with van der Waals surface area (Å²) in [5.41, 5.74) is 14.2. The Balaban J connectivity index is 1.29. The van der Waals surface area contributed by atoms with E-state index < -0.39 is 24.3 Å². The molecule has 2 bridgehead atoms. The first-order chi connectivity index (χ1) is 21.2. The molecule has 6 atom stereocenters. The smallest absolute Gasteiger partial charge is 0.254 e. The molecule has 5 aliphatic heterocycles. The Hall–Kier alpha value is -2.40. The molecular formula is C34H54FN7O2. The van der Waals surface area contributed by atoms with E-state index in [4.69, 9.17) is 11.5 Å². The summed E-state index contributed by atoms with van der Waals surface area (Å²) in [7, 11) is 0. The number of nitrogens with two attached hydrogens (primary N) is 2. The monoisotopic (exact) mass is 611 g/mol. The van der Waals surface area contributed by atoms with Gasteiger partial charge in [-0.25, -0.2) is 4.39 Å². The number of carbonyl (C=O) groups excluding carboxylic acids is 2. The highest BCUT2D eigenvalue weighted by atomic mass is 19.1. The number of alkyl halides is 1. The number of halogens is 1. The predicted octanol–water partition coefficient (Wildman–Crippen LogP) is 3.19. The van der Waals surface area contributed by atoms with Crippen LogP contribution in [-0.4, -0.2) is 97.6 Å². The van der Waals surface area contributed by atoms with Gasteiger partial charge in [0.1, 0.15) is 6.17 Å². The van der Waals surface area contributed by atoms with Crippen LogP contribution in [0.2, 0.25) is 0 Å². The highest BCUT2D eigenvalue weighted by Gasteiger charge is 2.40. The van der Waals surface area contributed by atoms with Gasteiger partial charge in [0.25, 0.3) is 5.91 Å². The highest BCUT2D eigenvalue weighted by molar-refractivity contribution is 5.94. The molecule has 0 aliphatic carbocycles. The van der Waals surface area contributed by atoms with E-state index in [0.717, 1.165) is 88.8 Å². The molecule has 1 aromatic rings. The largest absolute Gasteiger partial charge is 0.351 e. The molecule has 5 heterocycles. The molecule has 0 saturated carbocycles. The summed E-state index contributed by atoms with van der Waals surface area (Å²) >= 11 is 0. The predicted molar refractivity (Wildman–Crippen MR) is 173 cm³/mol. The van der Waals surface area contributed by atoms with Gasteiger partial charge in [-0.2, -0.15) is 0 Å². The van der Waals surface area contributed by atoms with Crippen LogP contribution in [0.5, 0.6) is 0 Å². The third kappa shape index (κ3) is 7.87. The fraction of sp³-hybridized carbons (Fsp3) is 0.735. The standard InChI is InChI=1S/C34H54FN7O2/c1-3-4-13-34(2)14-9-25(35)21-39-28(20-34)30(31(36)37)32(43)40-29-22-38-15-10-27(29)23-5-7-24(8-6-23)33(44)42-19-18-41-16-11-26(42)12-17-41/h5-8,21,25-31,38H,3-4,9-20,22,36-37H2,1-2H3,(H,40,43)/t25?,27?,28?,29?,30?,34-/m1/s1. The summed E-state index contributed by atoms with van der Waals surface area (Å²) in [5, 5.41) is 6.69. The zero-order valence-electron chi connectivity index (χ0n) is 26.7. The Morgan fingerprint density at radius 2 is 1.86 bits per heavy atom. The van der Waals surface area contributed by atoms with Crippen LogP contribution in [0.15, 0.2) is 29.3 Å². The third-order valence-corrected chi connectivity index (χ3v) is 10.7. The lowest BCUT2D eigenvalue weighted by Gasteiger charge is -2.39. The van der Waals surface area contributed by atoms with E-state index in [9.17, 15) is 14.0 Å². The molecule has 6 N–H and O–H groups in total. The van der Waals surface area contributed by atoms with Crippen molar-refractivity contribution in [1.29, 1.82) is 0 Å². The van der Waals surface area contributed by atoms with Crippen molar-refractivity contribution in [1.82, 2.24) is 20.4 Å². The van der Waals surface area contributed by atoms with Gasteiger partial charge >= 0.3 is 0 Å². The molecule has 0 spiro atoms. The minimum Gasteiger partial charge on any atom is -0.351 e. The summed E-state index contributed by atoms with van der Waals surface area (Å²) in [6, 6.07) is 7.66. The van der Waals surface area contributed by atoms with Crippen LogP contribution in [0.3, 0.4) is 0 Å². The summed E-state index contributed by atoms with van der Waals surface area (Å²) in [6.07, 6.45) is 7.15. The average molecular weight is 612 g/mol. The number of nitrogens with one attached hydrogen (secondary N) is 2. The molecule has 1 aromatic carbocycles. The molecular weight excluding hydrogens is 557 g/mol. The van der Waals surface area contributed by atoms with Gasteiger partial charge in [-0.15, -0.1) is 0 Å². The van der Waals surface area contributed by atoms with E-state index in [1.807, 2.05) is 24.3 Å². The maximum Gasteiger partial charge on any atom is 0.254 e. The number of hydrogen-bond acceptors (Lipinski definition) is 7. The molecule has 5 aliphatic rings. The maximum absolute atomic E-state index is 14.6.